The van der Waals surface area contributed by atoms with Gasteiger partial charge in [0.15, 0.2) is 0 Å². The highest BCUT2D eigenvalue weighted by atomic mass is 35.5. The molecule has 0 aliphatic heterocycles. The van der Waals surface area contributed by atoms with Crippen LogP contribution in [0.3, 0.4) is 0 Å². The molecule has 0 aromatic heterocycles. The van der Waals surface area contributed by atoms with Gasteiger partial charge in [0.1, 0.15) is 5.75 Å². The lowest BCUT2D eigenvalue weighted by Gasteiger charge is -2.18. The summed E-state index contributed by atoms with van der Waals surface area (Å²) in [6.45, 7) is 2.13. The number of ether oxygens (including phenoxy) is 1. The van der Waals surface area contributed by atoms with E-state index in [9.17, 15) is 0 Å². The van der Waals surface area contributed by atoms with Gasteiger partial charge in [-0.15, -0.1) is 12.3 Å². The molecule has 0 bridgehead atoms. The maximum Gasteiger partial charge on any atom is 0.141 e. The molecule has 0 N–H and O–H groups in total. The van der Waals surface area contributed by atoms with E-state index < -0.39 is 0 Å². The Morgan fingerprint density at radius 1 is 1.41 bits per heavy atom. The van der Waals surface area contributed by atoms with Crippen molar-refractivity contribution in [3.05, 3.63) is 27.7 Å². The van der Waals surface area contributed by atoms with Crippen LogP contribution in [0.5, 0.6) is 5.75 Å². The maximum atomic E-state index is 6.12. The predicted molar refractivity (Wildman–Crippen MR) is 74.1 cm³/mol. The van der Waals surface area contributed by atoms with Gasteiger partial charge < -0.3 is 4.74 Å². The fourth-order valence-corrected chi connectivity index (χ4v) is 2.54. The van der Waals surface area contributed by atoms with Crippen LogP contribution in [0.25, 0.3) is 0 Å². The highest BCUT2D eigenvalue weighted by molar-refractivity contribution is 6.35. The lowest BCUT2D eigenvalue weighted by atomic mass is 9.91. The van der Waals surface area contributed by atoms with E-state index in [4.69, 9.17) is 34.4 Å². The number of benzene rings is 1. The van der Waals surface area contributed by atoms with Gasteiger partial charge in [-0.3, -0.25) is 0 Å². The van der Waals surface area contributed by atoms with Crippen molar-refractivity contribution in [2.24, 2.45) is 0 Å². The van der Waals surface area contributed by atoms with E-state index >= 15 is 0 Å². The molecule has 0 aliphatic rings. The second-order valence-corrected chi connectivity index (χ2v) is 4.75. The fourth-order valence-electron chi connectivity index (χ4n) is 1.96. The summed E-state index contributed by atoms with van der Waals surface area (Å²) in [5.41, 5.74) is 1.00. The van der Waals surface area contributed by atoms with Gasteiger partial charge in [0.25, 0.3) is 0 Å². The molecule has 1 nitrogen and oxygen atoms in total. The van der Waals surface area contributed by atoms with Crippen molar-refractivity contribution in [3.63, 3.8) is 0 Å². The lowest BCUT2D eigenvalue weighted by Crippen LogP contribution is -2.01. The van der Waals surface area contributed by atoms with E-state index in [-0.39, 0.29) is 5.92 Å². The van der Waals surface area contributed by atoms with E-state index in [1.807, 2.05) is 6.07 Å². The van der Waals surface area contributed by atoms with Crippen molar-refractivity contribution >= 4 is 23.2 Å². The fraction of sp³-hybridized carbons (Fsp3) is 0.429. The van der Waals surface area contributed by atoms with Crippen LogP contribution >= 0.6 is 23.2 Å². The molecular formula is C14H16Cl2O. The third-order valence-electron chi connectivity index (χ3n) is 2.68. The zero-order valence-corrected chi connectivity index (χ0v) is 11.6. The topological polar surface area (TPSA) is 9.23 Å². The minimum absolute atomic E-state index is 0.246. The molecule has 1 aromatic carbocycles. The summed E-state index contributed by atoms with van der Waals surface area (Å²) in [4.78, 5) is 0. The first kappa shape index (κ1) is 14.2. The Morgan fingerprint density at radius 3 is 2.65 bits per heavy atom. The van der Waals surface area contributed by atoms with Crippen LogP contribution in [0.15, 0.2) is 12.1 Å². The van der Waals surface area contributed by atoms with E-state index in [0.29, 0.717) is 22.2 Å². The van der Waals surface area contributed by atoms with Crippen molar-refractivity contribution in [1.82, 2.24) is 0 Å². The molecule has 1 rings (SSSR count). The Labute approximate surface area is 113 Å². The molecule has 17 heavy (non-hydrogen) atoms. The molecule has 1 unspecified atom stereocenters. The quantitative estimate of drug-likeness (QED) is 0.691. The summed E-state index contributed by atoms with van der Waals surface area (Å²) in [6.07, 6.45) is 8.13. The zero-order chi connectivity index (χ0) is 12.8. The van der Waals surface area contributed by atoms with Gasteiger partial charge in [0, 0.05) is 17.0 Å². The Bertz CT molecular complexity index is 421. The lowest BCUT2D eigenvalue weighted by molar-refractivity contribution is 0.404. The van der Waals surface area contributed by atoms with Gasteiger partial charge in [-0.25, -0.2) is 0 Å². The Morgan fingerprint density at radius 2 is 2.12 bits per heavy atom. The average Bonchev–Trinajstić information content (AvgIpc) is 2.28. The van der Waals surface area contributed by atoms with Gasteiger partial charge in [-0.1, -0.05) is 36.5 Å². The highest BCUT2D eigenvalue weighted by Gasteiger charge is 2.18. The summed E-state index contributed by atoms with van der Waals surface area (Å²) in [7, 11) is 1.61. The molecule has 0 heterocycles. The number of halogens is 2. The Kier molecular flexibility index (Phi) is 5.68. The molecular weight excluding hydrogens is 255 g/mol. The number of hydrogen-bond acceptors (Lipinski definition) is 1. The molecule has 92 valence electrons. The van der Waals surface area contributed by atoms with E-state index in [1.54, 1.807) is 13.2 Å². The van der Waals surface area contributed by atoms with Crippen LogP contribution in [0.4, 0.5) is 0 Å². The standard InChI is InChI=1S/C14H16Cl2O/c1-4-6-10(7-5-2)12-8-11(15)9-13(16)14(12)17-3/h1,8-10H,5-7H2,2-3H3. The second-order valence-electron chi connectivity index (χ2n) is 3.90. The Balaban J connectivity index is 3.20. The van der Waals surface area contributed by atoms with Crippen LogP contribution in [-0.4, -0.2) is 7.11 Å². The molecule has 0 amide bonds. The molecule has 1 atom stereocenters. The minimum atomic E-state index is 0.246. The van der Waals surface area contributed by atoms with Gasteiger partial charge >= 0.3 is 0 Å². The monoisotopic (exact) mass is 270 g/mol. The molecule has 0 spiro atoms. The smallest absolute Gasteiger partial charge is 0.141 e. The van der Waals surface area contributed by atoms with Crippen LogP contribution in [0.2, 0.25) is 10.0 Å². The summed E-state index contributed by atoms with van der Waals surface area (Å²) in [5.74, 6) is 3.63. The summed E-state index contributed by atoms with van der Waals surface area (Å²) < 4.78 is 5.35. The second kappa shape index (κ2) is 6.79. The average molecular weight is 271 g/mol. The van der Waals surface area contributed by atoms with Crippen molar-refractivity contribution < 1.29 is 4.74 Å². The summed E-state index contributed by atoms with van der Waals surface area (Å²) in [5, 5.41) is 1.15. The molecule has 1 aromatic rings. The van der Waals surface area contributed by atoms with Crippen LogP contribution in [0, 0.1) is 12.3 Å². The summed E-state index contributed by atoms with van der Waals surface area (Å²) in [6, 6.07) is 3.58. The number of methoxy groups -OCH3 is 1. The van der Waals surface area contributed by atoms with E-state index in [1.165, 1.54) is 0 Å². The predicted octanol–water partition coefficient (Wildman–Crippen LogP) is 4.91. The van der Waals surface area contributed by atoms with Crippen LogP contribution in [0.1, 0.15) is 37.7 Å². The van der Waals surface area contributed by atoms with Crippen molar-refractivity contribution in [2.45, 2.75) is 32.1 Å². The molecule has 0 fully saturated rings. The number of terminal acetylenes is 1. The first-order valence-corrected chi connectivity index (χ1v) is 6.36. The van der Waals surface area contributed by atoms with Gasteiger partial charge in [-0.05, 0) is 24.5 Å². The first-order valence-electron chi connectivity index (χ1n) is 5.60. The largest absolute Gasteiger partial charge is 0.495 e. The van der Waals surface area contributed by atoms with Crippen molar-refractivity contribution in [2.75, 3.05) is 7.11 Å². The van der Waals surface area contributed by atoms with Gasteiger partial charge in [0.05, 0.1) is 12.1 Å². The molecule has 0 saturated carbocycles. The molecule has 0 saturated heterocycles. The zero-order valence-electron chi connectivity index (χ0n) is 10.1. The molecule has 3 heteroatoms. The van der Waals surface area contributed by atoms with E-state index in [0.717, 1.165) is 18.4 Å². The van der Waals surface area contributed by atoms with Gasteiger partial charge in [-0.2, -0.15) is 0 Å². The van der Waals surface area contributed by atoms with Gasteiger partial charge in [0.2, 0.25) is 0 Å². The minimum Gasteiger partial charge on any atom is -0.495 e. The van der Waals surface area contributed by atoms with E-state index in [2.05, 4.69) is 12.8 Å². The number of hydrogen-bond donors (Lipinski definition) is 0. The third-order valence-corrected chi connectivity index (χ3v) is 3.18. The first-order chi connectivity index (χ1) is 8.13. The number of rotatable bonds is 5. The summed E-state index contributed by atoms with van der Waals surface area (Å²) >= 11 is 12.1. The highest BCUT2D eigenvalue weighted by Crippen LogP contribution is 2.39. The molecule has 0 radical (unpaired) electrons. The van der Waals surface area contributed by atoms with Crippen molar-refractivity contribution in [3.8, 4) is 18.1 Å². The SMILES string of the molecule is C#CCC(CCC)c1cc(Cl)cc(Cl)c1OC. The molecule has 0 aliphatic carbocycles. The van der Waals surface area contributed by atoms with Crippen LogP contribution < -0.4 is 4.74 Å². The third kappa shape index (κ3) is 3.56. The van der Waals surface area contributed by atoms with Crippen molar-refractivity contribution in [1.29, 1.82) is 0 Å². The normalized spacial score (nSPS) is 11.9. The van der Waals surface area contributed by atoms with Crippen LogP contribution in [-0.2, 0) is 0 Å². The Hall–Kier alpha value is -0.840. The maximum absolute atomic E-state index is 6.12.